The lowest BCUT2D eigenvalue weighted by atomic mass is 10.2. The van der Waals surface area contributed by atoms with Crippen LogP contribution in [0.1, 0.15) is 18.7 Å². The molecule has 1 aliphatic rings. The van der Waals surface area contributed by atoms with Gasteiger partial charge in [-0.25, -0.2) is 4.39 Å². The second kappa shape index (κ2) is 4.66. The van der Waals surface area contributed by atoms with Crippen LogP contribution in [0, 0.1) is 5.82 Å². The summed E-state index contributed by atoms with van der Waals surface area (Å²) in [5.41, 5.74) is 0.157. The second-order valence-electron chi connectivity index (χ2n) is 4.25. The summed E-state index contributed by atoms with van der Waals surface area (Å²) in [4.78, 5) is 0. The van der Waals surface area contributed by atoms with Crippen LogP contribution in [0.4, 0.5) is 4.39 Å². The Morgan fingerprint density at radius 2 is 2.22 bits per heavy atom. The zero-order valence-corrected chi connectivity index (χ0v) is 10.2. The average Bonchev–Trinajstić information content (AvgIpc) is 3.06. The lowest BCUT2D eigenvalue weighted by Crippen LogP contribution is -2.15. The molecule has 1 saturated carbocycles. The zero-order chi connectivity index (χ0) is 12.5. The molecule has 0 aliphatic heterocycles. The van der Waals surface area contributed by atoms with Crippen LogP contribution in [-0.4, -0.2) is 16.2 Å². The maximum Gasteiger partial charge on any atom is 0.252 e. The Labute approximate surface area is 108 Å². The van der Waals surface area contributed by atoms with E-state index in [0.717, 1.165) is 0 Å². The molecule has 0 radical (unpaired) electrons. The summed E-state index contributed by atoms with van der Waals surface area (Å²) in [5.74, 6) is 0.0924. The van der Waals surface area contributed by atoms with Gasteiger partial charge in [-0.05, 0) is 25.0 Å². The molecule has 0 saturated heterocycles. The van der Waals surface area contributed by atoms with Gasteiger partial charge in [-0.2, -0.15) is 0 Å². The van der Waals surface area contributed by atoms with E-state index < -0.39 is 5.82 Å². The first-order valence-electron chi connectivity index (χ1n) is 5.74. The highest BCUT2D eigenvalue weighted by Gasteiger charge is 2.22. The Morgan fingerprint density at radius 1 is 1.39 bits per heavy atom. The number of aromatic nitrogens is 2. The Bertz CT molecular complexity index is 548. The van der Waals surface area contributed by atoms with Crippen LogP contribution in [-0.2, 0) is 6.54 Å². The maximum atomic E-state index is 13.6. The fourth-order valence-electron chi connectivity index (χ4n) is 1.65. The van der Waals surface area contributed by atoms with E-state index in [-0.39, 0.29) is 16.5 Å². The van der Waals surface area contributed by atoms with E-state index in [1.807, 2.05) is 0 Å². The molecule has 3 rings (SSSR count). The number of hydrogen-bond acceptors (Lipinski definition) is 4. The van der Waals surface area contributed by atoms with Crippen LogP contribution in [0.2, 0.25) is 5.02 Å². The lowest BCUT2D eigenvalue weighted by molar-refractivity contribution is 0.474. The smallest absolute Gasteiger partial charge is 0.252 e. The molecule has 4 nitrogen and oxygen atoms in total. The average molecular weight is 268 g/mol. The predicted octanol–water partition coefficient (Wildman–Crippen LogP) is 2.78. The molecule has 0 atom stereocenters. The monoisotopic (exact) mass is 267 g/mol. The molecule has 0 unspecified atom stereocenters. The Balaban J connectivity index is 1.83. The van der Waals surface area contributed by atoms with Crippen molar-refractivity contribution < 1.29 is 8.81 Å². The molecule has 1 aromatic heterocycles. The van der Waals surface area contributed by atoms with E-state index in [1.165, 1.54) is 25.0 Å². The lowest BCUT2D eigenvalue weighted by Gasteiger charge is -2.00. The molecule has 18 heavy (non-hydrogen) atoms. The highest BCUT2D eigenvalue weighted by atomic mass is 35.5. The van der Waals surface area contributed by atoms with Crippen LogP contribution >= 0.6 is 11.6 Å². The van der Waals surface area contributed by atoms with Gasteiger partial charge in [0.25, 0.3) is 5.89 Å². The summed E-state index contributed by atoms with van der Waals surface area (Å²) in [5, 5.41) is 11.2. The number of halogens is 2. The van der Waals surface area contributed by atoms with Crippen molar-refractivity contribution in [2.75, 3.05) is 0 Å². The van der Waals surface area contributed by atoms with Crippen molar-refractivity contribution in [3.05, 3.63) is 34.9 Å². The van der Waals surface area contributed by atoms with Gasteiger partial charge in [-0.15, -0.1) is 10.2 Å². The number of hydrogen-bond donors (Lipinski definition) is 1. The molecule has 2 aromatic rings. The first-order chi connectivity index (χ1) is 8.74. The van der Waals surface area contributed by atoms with Crippen molar-refractivity contribution >= 4 is 11.6 Å². The molecule has 6 heteroatoms. The third kappa shape index (κ3) is 2.37. The molecule has 0 spiro atoms. The van der Waals surface area contributed by atoms with Crippen LogP contribution in [0.25, 0.3) is 11.5 Å². The van der Waals surface area contributed by atoms with Crippen LogP contribution in [0.5, 0.6) is 0 Å². The first-order valence-corrected chi connectivity index (χ1v) is 6.12. The van der Waals surface area contributed by atoms with E-state index in [2.05, 4.69) is 15.5 Å². The summed E-state index contributed by atoms with van der Waals surface area (Å²) in [7, 11) is 0. The summed E-state index contributed by atoms with van der Waals surface area (Å²) in [6.07, 6.45) is 2.36. The Morgan fingerprint density at radius 3 is 2.94 bits per heavy atom. The summed E-state index contributed by atoms with van der Waals surface area (Å²) in [6.45, 7) is 0.504. The van der Waals surface area contributed by atoms with Gasteiger partial charge in [0, 0.05) is 6.04 Å². The molecule has 1 fully saturated rings. The van der Waals surface area contributed by atoms with Gasteiger partial charge in [0.05, 0.1) is 17.1 Å². The van der Waals surface area contributed by atoms with Gasteiger partial charge in [-0.3, -0.25) is 0 Å². The van der Waals surface area contributed by atoms with Crippen molar-refractivity contribution in [3.8, 4) is 11.5 Å². The van der Waals surface area contributed by atoms with E-state index in [1.54, 1.807) is 6.07 Å². The molecule has 1 aromatic carbocycles. The standard InChI is InChI=1S/C12H11ClFN3O/c13-8-2-1-3-9(14)11(8)12-17-16-10(18-12)6-15-7-4-5-7/h1-3,7,15H,4-6H2. The summed E-state index contributed by atoms with van der Waals surface area (Å²) < 4.78 is 19.0. The third-order valence-corrected chi connectivity index (χ3v) is 3.08. The minimum atomic E-state index is -0.465. The maximum absolute atomic E-state index is 13.6. The van der Waals surface area contributed by atoms with Crippen molar-refractivity contribution in [3.63, 3.8) is 0 Å². The van der Waals surface area contributed by atoms with E-state index in [9.17, 15) is 4.39 Å². The third-order valence-electron chi connectivity index (χ3n) is 2.76. The van der Waals surface area contributed by atoms with E-state index in [4.69, 9.17) is 16.0 Å². The predicted molar refractivity (Wildman–Crippen MR) is 64.6 cm³/mol. The van der Waals surface area contributed by atoms with Gasteiger partial charge >= 0.3 is 0 Å². The van der Waals surface area contributed by atoms with E-state index in [0.29, 0.717) is 18.5 Å². The molecule has 1 aliphatic carbocycles. The van der Waals surface area contributed by atoms with Gasteiger partial charge in [-0.1, -0.05) is 17.7 Å². The van der Waals surface area contributed by atoms with Crippen molar-refractivity contribution in [1.82, 2.24) is 15.5 Å². The van der Waals surface area contributed by atoms with Crippen molar-refractivity contribution in [1.29, 1.82) is 0 Å². The van der Waals surface area contributed by atoms with Crippen molar-refractivity contribution in [2.24, 2.45) is 0 Å². The molecular formula is C12H11ClFN3O. The van der Waals surface area contributed by atoms with Gasteiger partial charge in [0.15, 0.2) is 0 Å². The highest BCUT2D eigenvalue weighted by Crippen LogP contribution is 2.29. The first kappa shape index (κ1) is 11.6. The topological polar surface area (TPSA) is 51.0 Å². The highest BCUT2D eigenvalue weighted by molar-refractivity contribution is 6.33. The molecule has 1 heterocycles. The molecular weight excluding hydrogens is 257 g/mol. The fourth-order valence-corrected chi connectivity index (χ4v) is 1.89. The normalized spacial score (nSPS) is 15.0. The van der Waals surface area contributed by atoms with Gasteiger partial charge in [0.1, 0.15) is 5.82 Å². The molecule has 94 valence electrons. The van der Waals surface area contributed by atoms with E-state index >= 15 is 0 Å². The SMILES string of the molecule is Fc1cccc(Cl)c1-c1nnc(CNC2CC2)o1. The quantitative estimate of drug-likeness (QED) is 0.925. The molecule has 0 bridgehead atoms. The minimum Gasteiger partial charge on any atom is -0.419 e. The molecule has 0 amide bonds. The Kier molecular flexibility index (Phi) is 3.01. The number of nitrogens with zero attached hydrogens (tertiary/aromatic N) is 2. The largest absolute Gasteiger partial charge is 0.419 e. The van der Waals surface area contributed by atoms with Crippen LogP contribution in [0.15, 0.2) is 22.6 Å². The van der Waals surface area contributed by atoms with Crippen molar-refractivity contribution in [2.45, 2.75) is 25.4 Å². The fraction of sp³-hybridized carbons (Fsp3) is 0.333. The van der Waals surface area contributed by atoms with Gasteiger partial charge < -0.3 is 9.73 Å². The van der Waals surface area contributed by atoms with Crippen LogP contribution in [0.3, 0.4) is 0 Å². The second-order valence-corrected chi connectivity index (χ2v) is 4.66. The number of rotatable bonds is 4. The Hall–Kier alpha value is -1.46. The summed E-state index contributed by atoms with van der Waals surface area (Å²) in [6, 6.07) is 4.99. The van der Waals surface area contributed by atoms with Gasteiger partial charge in [0.2, 0.25) is 5.89 Å². The summed E-state index contributed by atoms with van der Waals surface area (Å²) >= 11 is 5.93. The molecule has 1 N–H and O–H groups in total. The zero-order valence-electron chi connectivity index (χ0n) is 9.49. The number of benzene rings is 1. The minimum absolute atomic E-state index is 0.116. The number of nitrogens with one attached hydrogen (secondary N) is 1. The van der Waals surface area contributed by atoms with Crippen LogP contribution < -0.4 is 5.32 Å².